The summed E-state index contributed by atoms with van der Waals surface area (Å²) in [7, 11) is 0. The second-order valence-corrected chi connectivity index (χ2v) is 6.94. The number of hydrogen-bond donors (Lipinski definition) is 2. The number of nitrogens with zero attached hydrogens (tertiary/aromatic N) is 4. The van der Waals surface area contributed by atoms with Gasteiger partial charge in [0.1, 0.15) is 11.6 Å². The third-order valence-electron chi connectivity index (χ3n) is 4.50. The standard InChI is InChI=1S/C19H18ClF3N6O/c1-8-11(4-6-13(21)16(8)20)12-5-7-14(15(9(2)24)17(12)25)30-10(3)18-26-28-29(27-18)19(22)23/h4-7,10,19,24H,25H2,1-3H3/t10-/m1/s1. The number of nitrogen functional groups attached to an aromatic ring is 1. The lowest BCUT2D eigenvalue weighted by Gasteiger charge is -2.19. The van der Waals surface area contributed by atoms with E-state index < -0.39 is 18.5 Å². The minimum absolute atomic E-state index is 0.0119. The van der Waals surface area contributed by atoms with Crippen molar-refractivity contribution in [3.8, 4) is 16.9 Å². The average Bonchev–Trinajstić information content (AvgIpc) is 3.18. The molecule has 0 saturated heterocycles. The maximum absolute atomic E-state index is 13.7. The predicted octanol–water partition coefficient (Wildman–Crippen LogP) is 4.95. The van der Waals surface area contributed by atoms with Gasteiger partial charge in [0.2, 0.25) is 5.82 Å². The second-order valence-electron chi connectivity index (χ2n) is 6.56. The highest BCUT2D eigenvalue weighted by Gasteiger charge is 2.22. The zero-order valence-electron chi connectivity index (χ0n) is 16.3. The largest absolute Gasteiger partial charge is 0.482 e. The smallest absolute Gasteiger partial charge is 0.350 e. The number of alkyl halides is 2. The van der Waals surface area contributed by atoms with E-state index in [2.05, 4.69) is 15.4 Å². The third kappa shape index (κ3) is 3.95. The maximum Gasteiger partial charge on any atom is 0.350 e. The molecule has 0 bridgehead atoms. The summed E-state index contributed by atoms with van der Waals surface area (Å²) in [5.41, 5.74) is 8.66. The van der Waals surface area contributed by atoms with E-state index in [1.54, 1.807) is 32.0 Å². The quantitative estimate of drug-likeness (QED) is 0.419. The van der Waals surface area contributed by atoms with Gasteiger partial charge in [0, 0.05) is 11.3 Å². The Labute approximate surface area is 175 Å². The first-order valence-electron chi connectivity index (χ1n) is 8.79. The number of ether oxygens (including phenoxy) is 1. The number of benzene rings is 2. The molecule has 0 radical (unpaired) electrons. The molecule has 3 N–H and O–H groups in total. The van der Waals surface area contributed by atoms with Crippen LogP contribution in [0.5, 0.6) is 5.75 Å². The molecule has 0 saturated carbocycles. The van der Waals surface area contributed by atoms with Gasteiger partial charge in [-0.15, -0.1) is 10.2 Å². The number of aromatic nitrogens is 4. The molecular weight excluding hydrogens is 421 g/mol. The first-order valence-corrected chi connectivity index (χ1v) is 9.16. The first kappa shape index (κ1) is 21.6. The fraction of sp³-hybridized carbons (Fsp3) is 0.263. The van der Waals surface area contributed by atoms with Crippen LogP contribution in [0.2, 0.25) is 5.02 Å². The van der Waals surface area contributed by atoms with Crippen molar-refractivity contribution in [1.29, 1.82) is 5.41 Å². The normalized spacial score (nSPS) is 12.3. The molecule has 1 heterocycles. The fourth-order valence-electron chi connectivity index (χ4n) is 2.99. The van der Waals surface area contributed by atoms with Crippen LogP contribution in [0, 0.1) is 18.2 Å². The zero-order valence-corrected chi connectivity index (χ0v) is 17.0. The number of hydrogen-bond acceptors (Lipinski definition) is 6. The number of tetrazole rings is 1. The predicted molar refractivity (Wildman–Crippen MR) is 107 cm³/mol. The molecule has 0 amide bonds. The van der Waals surface area contributed by atoms with Crippen LogP contribution < -0.4 is 10.5 Å². The summed E-state index contributed by atoms with van der Waals surface area (Å²) < 4.78 is 44.9. The van der Waals surface area contributed by atoms with Crippen molar-refractivity contribution in [1.82, 2.24) is 20.2 Å². The lowest BCUT2D eigenvalue weighted by atomic mass is 9.94. The Morgan fingerprint density at radius 2 is 1.90 bits per heavy atom. The number of halogens is 4. The summed E-state index contributed by atoms with van der Waals surface area (Å²) >= 11 is 6.02. The number of anilines is 1. The van der Waals surface area contributed by atoms with E-state index in [4.69, 9.17) is 27.5 Å². The molecule has 1 aromatic heterocycles. The molecule has 1 atom stereocenters. The van der Waals surface area contributed by atoms with E-state index in [1.165, 1.54) is 13.0 Å². The molecule has 158 valence electrons. The van der Waals surface area contributed by atoms with Crippen molar-refractivity contribution in [2.75, 3.05) is 5.73 Å². The van der Waals surface area contributed by atoms with E-state index >= 15 is 0 Å². The summed E-state index contributed by atoms with van der Waals surface area (Å²) in [5.74, 6) is -0.346. The van der Waals surface area contributed by atoms with Crippen LogP contribution in [-0.2, 0) is 0 Å². The topological polar surface area (TPSA) is 103 Å². The van der Waals surface area contributed by atoms with Crippen LogP contribution in [0.1, 0.15) is 43.5 Å². The van der Waals surface area contributed by atoms with E-state index in [0.717, 1.165) is 0 Å². The first-order chi connectivity index (χ1) is 14.1. The average molecular weight is 439 g/mol. The van der Waals surface area contributed by atoms with Crippen LogP contribution in [0.25, 0.3) is 11.1 Å². The Balaban J connectivity index is 2.02. The van der Waals surface area contributed by atoms with Crippen LogP contribution in [-0.4, -0.2) is 25.9 Å². The summed E-state index contributed by atoms with van der Waals surface area (Å²) in [6.45, 7) is 1.84. The van der Waals surface area contributed by atoms with Gasteiger partial charge in [-0.25, -0.2) is 4.39 Å². The second kappa shape index (κ2) is 8.31. The Morgan fingerprint density at radius 1 is 1.23 bits per heavy atom. The van der Waals surface area contributed by atoms with E-state index in [0.29, 0.717) is 22.3 Å². The highest BCUT2D eigenvalue weighted by atomic mass is 35.5. The lowest BCUT2D eigenvalue weighted by Crippen LogP contribution is -2.11. The van der Waals surface area contributed by atoms with Crippen molar-refractivity contribution in [2.24, 2.45) is 0 Å². The van der Waals surface area contributed by atoms with Crippen LogP contribution in [0.3, 0.4) is 0 Å². The van der Waals surface area contributed by atoms with Crippen molar-refractivity contribution >= 4 is 23.0 Å². The summed E-state index contributed by atoms with van der Waals surface area (Å²) in [6.07, 6.45) is -0.831. The van der Waals surface area contributed by atoms with Crippen molar-refractivity contribution < 1.29 is 17.9 Å². The SMILES string of the molecule is CC(=N)c1c(O[C@H](C)c2nnn(C(F)F)n2)ccc(-c2ccc(F)c(Cl)c2C)c1N. The molecule has 7 nitrogen and oxygen atoms in total. The fourth-order valence-corrected chi connectivity index (χ4v) is 3.15. The molecule has 3 aromatic rings. The van der Waals surface area contributed by atoms with Gasteiger partial charge in [0.05, 0.1) is 16.3 Å². The van der Waals surface area contributed by atoms with Gasteiger partial charge >= 0.3 is 6.55 Å². The van der Waals surface area contributed by atoms with Gasteiger partial charge in [-0.3, -0.25) is 0 Å². The monoisotopic (exact) mass is 438 g/mol. The van der Waals surface area contributed by atoms with E-state index in [1.807, 2.05) is 0 Å². The van der Waals surface area contributed by atoms with E-state index in [9.17, 15) is 13.2 Å². The van der Waals surface area contributed by atoms with Crippen LogP contribution in [0.15, 0.2) is 24.3 Å². The molecule has 0 spiro atoms. The summed E-state index contributed by atoms with van der Waals surface area (Å²) in [5, 5.41) is 18.5. The van der Waals surface area contributed by atoms with Gasteiger partial charge in [-0.2, -0.15) is 8.78 Å². The van der Waals surface area contributed by atoms with Crippen molar-refractivity contribution in [2.45, 2.75) is 33.4 Å². The minimum atomic E-state index is -2.92. The molecule has 0 unspecified atom stereocenters. The molecule has 0 aliphatic heterocycles. The molecule has 0 fully saturated rings. The number of rotatable bonds is 6. The molecule has 30 heavy (non-hydrogen) atoms. The minimum Gasteiger partial charge on any atom is -0.482 e. The summed E-state index contributed by atoms with van der Waals surface area (Å²) in [4.78, 5) is 0.177. The van der Waals surface area contributed by atoms with Crippen LogP contribution >= 0.6 is 11.6 Å². The zero-order chi connectivity index (χ0) is 22.2. The van der Waals surface area contributed by atoms with Gasteiger partial charge < -0.3 is 15.9 Å². The lowest BCUT2D eigenvalue weighted by molar-refractivity contribution is 0.0389. The Morgan fingerprint density at radius 3 is 2.50 bits per heavy atom. The third-order valence-corrected chi connectivity index (χ3v) is 4.96. The molecule has 3 rings (SSSR count). The van der Waals surface area contributed by atoms with Crippen LogP contribution in [0.4, 0.5) is 18.9 Å². The van der Waals surface area contributed by atoms with Gasteiger partial charge in [0.25, 0.3) is 0 Å². The molecule has 0 aliphatic carbocycles. The number of nitrogens with two attached hydrogens (primary N) is 1. The van der Waals surface area contributed by atoms with Gasteiger partial charge in [0.15, 0.2) is 6.10 Å². The Bertz CT molecular complexity index is 1120. The van der Waals surface area contributed by atoms with Crippen molar-refractivity contribution in [3.63, 3.8) is 0 Å². The van der Waals surface area contributed by atoms with Crippen molar-refractivity contribution in [3.05, 3.63) is 52.1 Å². The highest BCUT2D eigenvalue weighted by Crippen LogP contribution is 2.39. The number of nitrogens with one attached hydrogen (secondary N) is 1. The molecular formula is C19H18ClF3N6O. The van der Waals surface area contributed by atoms with Gasteiger partial charge in [-0.05, 0) is 55.3 Å². The Hall–Kier alpha value is -3.14. The summed E-state index contributed by atoms with van der Waals surface area (Å²) in [6, 6.07) is 6.04. The molecule has 0 aliphatic rings. The highest BCUT2D eigenvalue weighted by molar-refractivity contribution is 6.32. The Kier molecular flexibility index (Phi) is 5.97. The molecule has 2 aromatic carbocycles. The maximum atomic E-state index is 13.7. The van der Waals surface area contributed by atoms with Gasteiger partial charge in [-0.1, -0.05) is 22.5 Å². The molecule has 11 heteroatoms. The van der Waals surface area contributed by atoms with E-state index in [-0.39, 0.29) is 32.8 Å².